The second kappa shape index (κ2) is 6.04. The largest absolute Gasteiger partial charge is 0.480 e. The van der Waals surface area contributed by atoms with Crippen LogP contribution >= 0.6 is 0 Å². The van der Waals surface area contributed by atoms with Gasteiger partial charge in [0.15, 0.2) is 0 Å². The van der Waals surface area contributed by atoms with Gasteiger partial charge in [-0.15, -0.1) is 0 Å². The smallest absolute Gasteiger partial charge is 0.416 e. The molecule has 0 radical (unpaired) electrons. The molecule has 0 aliphatic heterocycles. The second-order valence-corrected chi connectivity index (χ2v) is 4.36. The minimum atomic E-state index is -4.66. The lowest BCUT2D eigenvalue weighted by molar-refractivity contribution is -0.138. The van der Waals surface area contributed by atoms with Crippen molar-refractivity contribution in [2.24, 2.45) is 0 Å². The van der Waals surface area contributed by atoms with E-state index in [0.29, 0.717) is 6.07 Å². The molecule has 2 aromatic rings. The fourth-order valence-electron chi connectivity index (χ4n) is 1.74. The number of carboxylic acid groups (broad SMARTS) is 1. The number of aliphatic carboxylic acids is 1. The van der Waals surface area contributed by atoms with Crippen LogP contribution in [0.5, 0.6) is 5.88 Å². The Morgan fingerprint density at radius 1 is 1.32 bits per heavy atom. The van der Waals surface area contributed by atoms with Gasteiger partial charge >= 0.3 is 12.1 Å². The number of carbonyl (C=O) groups is 1. The molecule has 1 aromatic carbocycles. The average molecular weight is 318 g/mol. The van der Waals surface area contributed by atoms with E-state index < -0.39 is 30.1 Å². The van der Waals surface area contributed by atoms with E-state index in [1.54, 1.807) is 0 Å². The molecule has 0 fully saturated rings. The summed E-state index contributed by atoms with van der Waals surface area (Å²) in [5.41, 5.74) is -1.15. The van der Waals surface area contributed by atoms with Crippen molar-refractivity contribution in [2.75, 3.05) is 0 Å². The lowest BCUT2D eigenvalue weighted by Crippen LogP contribution is -2.12. The highest BCUT2D eigenvalue weighted by molar-refractivity contribution is 5.66. The number of nitrogens with zero attached hydrogens (tertiary/aromatic N) is 2. The third-order valence-corrected chi connectivity index (χ3v) is 2.63. The molecule has 118 valence electrons. The van der Waals surface area contributed by atoms with Gasteiger partial charge in [0, 0.05) is 6.07 Å². The first-order valence-electron chi connectivity index (χ1n) is 5.99. The maximum absolute atomic E-state index is 13.2. The zero-order valence-corrected chi connectivity index (χ0v) is 11.0. The lowest BCUT2D eigenvalue weighted by Gasteiger charge is -2.11. The van der Waals surface area contributed by atoms with Gasteiger partial charge in [0.05, 0.1) is 11.8 Å². The van der Waals surface area contributed by atoms with Crippen LogP contribution in [0.1, 0.15) is 11.1 Å². The molecule has 2 rings (SSSR count). The Balaban J connectivity index is 2.14. The third kappa shape index (κ3) is 3.96. The highest BCUT2D eigenvalue weighted by Gasteiger charge is 2.31. The van der Waals surface area contributed by atoms with Crippen molar-refractivity contribution in [3.63, 3.8) is 0 Å². The number of alkyl halides is 3. The fourth-order valence-corrected chi connectivity index (χ4v) is 1.74. The molecule has 0 atom stereocenters. The number of hydrogen-bond acceptors (Lipinski definition) is 3. The molecule has 5 nitrogen and oxygen atoms in total. The number of rotatable bonds is 5. The van der Waals surface area contributed by atoms with E-state index in [4.69, 9.17) is 9.84 Å². The third-order valence-electron chi connectivity index (χ3n) is 2.63. The van der Waals surface area contributed by atoms with E-state index in [1.807, 2.05) is 0 Å². The van der Waals surface area contributed by atoms with Crippen LogP contribution in [-0.2, 0) is 24.1 Å². The first-order valence-corrected chi connectivity index (χ1v) is 5.99. The van der Waals surface area contributed by atoms with E-state index in [-0.39, 0.29) is 18.1 Å². The number of hydrogen-bond donors (Lipinski definition) is 1. The van der Waals surface area contributed by atoms with E-state index in [0.717, 1.165) is 16.8 Å². The number of carboxylic acids is 1. The van der Waals surface area contributed by atoms with Crippen molar-refractivity contribution in [2.45, 2.75) is 19.3 Å². The van der Waals surface area contributed by atoms with Gasteiger partial charge in [-0.05, 0) is 23.8 Å². The maximum atomic E-state index is 13.2. The minimum Gasteiger partial charge on any atom is -0.480 e. The lowest BCUT2D eigenvalue weighted by atomic mass is 10.1. The topological polar surface area (TPSA) is 64.3 Å². The molecule has 1 aromatic heterocycles. The Morgan fingerprint density at radius 2 is 2.05 bits per heavy atom. The molecule has 0 unspecified atom stereocenters. The van der Waals surface area contributed by atoms with Gasteiger partial charge in [-0.1, -0.05) is 0 Å². The molecule has 0 saturated carbocycles. The molecule has 22 heavy (non-hydrogen) atoms. The molecule has 0 aliphatic rings. The van der Waals surface area contributed by atoms with Crippen LogP contribution in [0.2, 0.25) is 0 Å². The Morgan fingerprint density at radius 3 is 2.68 bits per heavy atom. The zero-order chi connectivity index (χ0) is 16.3. The summed E-state index contributed by atoms with van der Waals surface area (Å²) in [5.74, 6) is -2.13. The quantitative estimate of drug-likeness (QED) is 0.861. The van der Waals surface area contributed by atoms with Crippen molar-refractivity contribution in [3.05, 3.63) is 47.4 Å². The number of halogens is 4. The van der Waals surface area contributed by atoms with Gasteiger partial charge in [0.25, 0.3) is 0 Å². The first kappa shape index (κ1) is 15.8. The molecule has 1 N–H and O–H groups in total. The second-order valence-electron chi connectivity index (χ2n) is 4.36. The fraction of sp³-hybridized carbons (Fsp3) is 0.231. The summed E-state index contributed by atoms with van der Waals surface area (Å²) in [6.07, 6.45) is -3.38. The highest BCUT2D eigenvalue weighted by Crippen LogP contribution is 2.30. The molecule has 9 heteroatoms. The Labute approximate surface area is 121 Å². The van der Waals surface area contributed by atoms with E-state index in [9.17, 15) is 22.4 Å². The Kier molecular flexibility index (Phi) is 4.34. The van der Waals surface area contributed by atoms with Crippen LogP contribution in [0.4, 0.5) is 17.6 Å². The molecule has 0 spiro atoms. The van der Waals surface area contributed by atoms with Crippen LogP contribution in [0.25, 0.3) is 0 Å². The van der Waals surface area contributed by atoms with Gasteiger partial charge in [-0.2, -0.15) is 18.3 Å². The monoisotopic (exact) mass is 318 g/mol. The summed E-state index contributed by atoms with van der Waals surface area (Å²) in [7, 11) is 0. The molecule has 0 saturated heterocycles. The van der Waals surface area contributed by atoms with Crippen LogP contribution in [0.15, 0.2) is 30.5 Å². The van der Waals surface area contributed by atoms with E-state index in [2.05, 4.69) is 5.10 Å². The van der Waals surface area contributed by atoms with Gasteiger partial charge in [-0.25, -0.2) is 9.07 Å². The highest BCUT2D eigenvalue weighted by atomic mass is 19.4. The number of ether oxygens (including phenoxy) is 1. The van der Waals surface area contributed by atoms with Gasteiger partial charge in [0.2, 0.25) is 5.88 Å². The molecule has 1 heterocycles. The summed E-state index contributed by atoms with van der Waals surface area (Å²) < 4.78 is 57.2. The Bertz CT molecular complexity index is 682. The zero-order valence-electron chi connectivity index (χ0n) is 11.0. The maximum Gasteiger partial charge on any atom is 0.416 e. The molecular formula is C13H10F4N2O3. The summed E-state index contributed by atoms with van der Waals surface area (Å²) in [4.78, 5) is 10.6. The summed E-state index contributed by atoms with van der Waals surface area (Å²) in [5, 5.41) is 12.4. The number of aromatic nitrogens is 2. The normalized spacial score (nSPS) is 11.5. The minimum absolute atomic E-state index is 0.0320. The molecule has 0 amide bonds. The summed E-state index contributed by atoms with van der Waals surface area (Å²) >= 11 is 0. The SMILES string of the molecule is O=C(O)Cn1nccc1OCc1cc(F)cc(C(F)(F)F)c1. The Hall–Kier alpha value is -2.58. The number of benzene rings is 1. The molecular weight excluding hydrogens is 308 g/mol. The average Bonchev–Trinajstić information content (AvgIpc) is 2.81. The van der Waals surface area contributed by atoms with Crippen molar-refractivity contribution in [1.29, 1.82) is 0 Å². The van der Waals surface area contributed by atoms with Crippen LogP contribution < -0.4 is 4.74 Å². The van der Waals surface area contributed by atoms with Crippen LogP contribution in [0, 0.1) is 5.82 Å². The first-order chi connectivity index (χ1) is 10.3. The molecule has 0 aliphatic carbocycles. The van der Waals surface area contributed by atoms with E-state index in [1.165, 1.54) is 12.3 Å². The van der Waals surface area contributed by atoms with Gasteiger partial charge in [-0.3, -0.25) is 4.79 Å². The molecule has 0 bridgehead atoms. The summed E-state index contributed by atoms with van der Waals surface area (Å²) in [6.45, 7) is -0.814. The van der Waals surface area contributed by atoms with Crippen LogP contribution in [0.3, 0.4) is 0 Å². The van der Waals surface area contributed by atoms with Crippen LogP contribution in [-0.4, -0.2) is 20.9 Å². The van der Waals surface area contributed by atoms with Crippen molar-refractivity contribution in [3.8, 4) is 5.88 Å². The van der Waals surface area contributed by atoms with Crippen molar-refractivity contribution in [1.82, 2.24) is 9.78 Å². The standard InChI is InChI=1S/C13H10F4N2O3/c14-10-4-8(3-9(5-10)13(15,16)17)7-22-11-1-2-18-19(11)6-12(20)21/h1-5H,6-7H2,(H,20,21). The predicted molar refractivity (Wildman–Crippen MR) is 65.6 cm³/mol. The van der Waals surface area contributed by atoms with Gasteiger partial charge < -0.3 is 9.84 Å². The predicted octanol–water partition coefficient (Wildman–Crippen LogP) is 2.70. The summed E-state index contributed by atoms with van der Waals surface area (Å²) in [6, 6.07) is 3.42. The van der Waals surface area contributed by atoms with Crippen molar-refractivity contribution < 1.29 is 32.2 Å². The van der Waals surface area contributed by atoms with Gasteiger partial charge in [0.1, 0.15) is 19.0 Å². The van der Waals surface area contributed by atoms with E-state index >= 15 is 0 Å². The van der Waals surface area contributed by atoms with Crippen molar-refractivity contribution >= 4 is 5.97 Å².